The maximum Gasteiger partial charge on any atom is -0.147 e. The maximum absolute atomic E-state index is 3.04. The number of hydrogen-bond acceptors (Lipinski definition) is 0. The number of halogens is 2. The normalized spacial score (nSPS) is 13.8. The van der Waals surface area contributed by atoms with Crippen molar-refractivity contribution in [3.8, 4) is 33.4 Å². The van der Waals surface area contributed by atoms with Crippen LogP contribution in [0.25, 0.3) is 33.4 Å². The molecule has 6 aromatic rings. The molecule has 0 spiro atoms. The smallest absolute Gasteiger partial charge is 0.147 e. The molecule has 0 heterocycles. The molecule has 0 saturated heterocycles. The van der Waals surface area contributed by atoms with Gasteiger partial charge in [-0.25, -0.2) is 0 Å². The first kappa shape index (κ1) is 47.6. The Balaban J connectivity index is 0.00000321. The molecular weight excluding hydrogens is 871 g/mol. The second-order valence-electron chi connectivity index (χ2n) is 21.4. The maximum atomic E-state index is 2.65. The molecule has 8 rings (SSSR count). The molecule has 0 aliphatic heterocycles. The Morgan fingerprint density at radius 3 is 1.16 bits per heavy atom. The van der Waals surface area contributed by atoms with Gasteiger partial charge >= 0.3 is 372 Å². The van der Waals surface area contributed by atoms with E-state index in [4.69, 9.17) is 0 Å². The van der Waals surface area contributed by atoms with Crippen LogP contribution in [0.2, 0.25) is 0 Å². The molecule has 0 radical (unpaired) electrons. The topological polar surface area (TPSA) is 0 Å². The molecule has 0 fully saturated rings. The molecule has 0 aromatic heterocycles. The molecule has 0 amide bonds. The van der Waals surface area contributed by atoms with Crippen molar-refractivity contribution >= 4 is 28.0 Å². The van der Waals surface area contributed by atoms with E-state index in [1.54, 1.807) is 6.49 Å². The second kappa shape index (κ2) is 18.0. The summed E-state index contributed by atoms with van der Waals surface area (Å²) in [6, 6.07) is 52.4. The van der Waals surface area contributed by atoms with Crippen LogP contribution in [-0.4, -0.2) is 3.21 Å². The third kappa shape index (κ3) is 9.34. The molecule has 0 N–H and O–H groups in total. The van der Waals surface area contributed by atoms with E-state index in [1.165, 1.54) is 77.9 Å². The summed E-state index contributed by atoms with van der Waals surface area (Å²) in [5.74, 6) is 0. The standard InChI is InChI=1S/C33H33.C21H26.C5H5.2ClH.Zr/c1-32(2,3)30-20-26-24(18-28(30)22-13-9-7-10-14-22)17-25-19-29(23-15-11-8-12-16-23)31(21-27(25)26)33(4,5)6;1-20(2,3)18-11-7-16(8-12-18)15-17-9-13-19(14-10-17)21(4,5)6;1-2-4-5-3-1;;;/h7-21H,1-6H3;7-14H,1-6H3;1-3H,4H2;2*1H;. The van der Waals surface area contributed by atoms with Gasteiger partial charge in [0.15, 0.2) is 0 Å². The van der Waals surface area contributed by atoms with E-state index in [-0.39, 0.29) is 50.1 Å². The fourth-order valence-electron chi connectivity index (χ4n) is 9.50. The molecular formula is C59H66Cl2Zr. The quantitative estimate of drug-likeness (QED) is 0.156. The molecule has 0 atom stereocenters. The van der Waals surface area contributed by atoms with Crippen LogP contribution in [0.5, 0.6) is 0 Å². The van der Waals surface area contributed by atoms with Gasteiger partial charge in [-0.2, -0.15) is 0 Å². The summed E-state index contributed by atoms with van der Waals surface area (Å²) in [5, 5.41) is 0. The van der Waals surface area contributed by atoms with Gasteiger partial charge in [0, 0.05) is 0 Å². The Morgan fingerprint density at radius 2 is 0.839 bits per heavy atom. The molecule has 6 aromatic carbocycles. The molecule has 0 saturated carbocycles. The predicted molar refractivity (Wildman–Crippen MR) is 272 cm³/mol. The summed E-state index contributed by atoms with van der Waals surface area (Å²) >= 11 is -3.04. The zero-order valence-corrected chi connectivity index (χ0v) is 43.1. The van der Waals surface area contributed by atoms with Gasteiger partial charge in [-0.15, -0.1) is 24.8 Å². The van der Waals surface area contributed by atoms with E-state index in [0.717, 1.165) is 6.42 Å². The van der Waals surface area contributed by atoms with Gasteiger partial charge in [-0.05, 0) is 0 Å². The number of benzene rings is 6. The van der Waals surface area contributed by atoms with Gasteiger partial charge in [0.05, 0.1) is 0 Å². The first-order valence-corrected chi connectivity index (χ1v) is 26.0. The fourth-order valence-corrected chi connectivity index (χ4v) is 18.5. The van der Waals surface area contributed by atoms with E-state index in [1.807, 2.05) is 0 Å². The summed E-state index contributed by atoms with van der Waals surface area (Å²) in [6.45, 7) is 28.3. The summed E-state index contributed by atoms with van der Waals surface area (Å²) in [4.78, 5) is 0. The first-order chi connectivity index (χ1) is 28.3. The van der Waals surface area contributed by atoms with Gasteiger partial charge in [0.25, 0.3) is 0 Å². The van der Waals surface area contributed by atoms with Gasteiger partial charge in [-0.3, -0.25) is 0 Å². The van der Waals surface area contributed by atoms with Crippen LogP contribution < -0.4 is 0 Å². The van der Waals surface area contributed by atoms with Crippen molar-refractivity contribution in [2.45, 2.75) is 115 Å². The van der Waals surface area contributed by atoms with Crippen molar-refractivity contribution in [3.63, 3.8) is 0 Å². The summed E-state index contributed by atoms with van der Waals surface area (Å²) in [5.41, 5.74) is 19.6. The third-order valence-electron chi connectivity index (χ3n) is 12.8. The van der Waals surface area contributed by atoms with E-state index in [0.29, 0.717) is 0 Å². The molecule has 2 aliphatic carbocycles. The second-order valence-corrected chi connectivity index (χ2v) is 27.7. The molecule has 62 heavy (non-hydrogen) atoms. The van der Waals surface area contributed by atoms with Crippen molar-refractivity contribution in [2.24, 2.45) is 0 Å². The number of allylic oxidation sites excluding steroid dienone is 4. The Kier molecular flexibility index (Phi) is 13.8. The minimum absolute atomic E-state index is 0. The van der Waals surface area contributed by atoms with Gasteiger partial charge < -0.3 is 0 Å². The van der Waals surface area contributed by atoms with Gasteiger partial charge in [-0.1, -0.05) is 0 Å². The number of hydrogen-bond donors (Lipinski definition) is 0. The zero-order chi connectivity index (χ0) is 42.8. The van der Waals surface area contributed by atoms with E-state index < -0.39 is 21.3 Å². The molecule has 2 aliphatic rings. The summed E-state index contributed by atoms with van der Waals surface area (Å²) in [7, 11) is 0. The Hall–Kier alpha value is -3.87. The minimum atomic E-state index is -3.04. The molecule has 0 unspecified atom stereocenters. The van der Waals surface area contributed by atoms with Crippen LogP contribution in [0.1, 0.15) is 138 Å². The SMILES string of the molecule is CC(C)(C)c1ccc([C](c2ccc(C(C)(C)C)cc2)=[Zr]([C]2=CC=CC2)[CH]2c3cc(-c4ccccc4)c(C(C)(C)C)cc3-c3cc(C(C)(C)C)c(-c4ccccc4)cc32)cc1.Cl.Cl. The minimum Gasteiger partial charge on any atom is -0.147 e. The zero-order valence-electron chi connectivity index (χ0n) is 39.0. The number of rotatable bonds is 6. The predicted octanol–water partition coefficient (Wildman–Crippen LogP) is 16.9. The first-order valence-electron chi connectivity index (χ1n) is 22.1. The van der Waals surface area contributed by atoms with Gasteiger partial charge in [0.2, 0.25) is 0 Å². The third-order valence-corrected chi connectivity index (χ3v) is 21.1. The van der Waals surface area contributed by atoms with Crippen molar-refractivity contribution in [3.05, 3.63) is 199 Å². The average Bonchev–Trinajstić information content (AvgIpc) is 3.85. The van der Waals surface area contributed by atoms with Crippen LogP contribution in [-0.2, 0) is 42.9 Å². The summed E-state index contributed by atoms with van der Waals surface area (Å²) < 4.78 is 3.54. The van der Waals surface area contributed by atoms with E-state index in [9.17, 15) is 0 Å². The Bertz CT molecular complexity index is 2480. The fraction of sp³-hybridized carbons (Fsp3) is 0.305. The van der Waals surface area contributed by atoms with Crippen LogP contribution >= 0.6 is 24.8 Å². The Labute approximate surface area is 394 Å². The monoisotopic (exact) mass is 934 g/mol. The molecule has 0 bridgehead atoms. The van der Waals surface area contributed by atoms with Gasteiger partial charge in [0.1, 0.15) is 0 Å². The van der Waals surface area contributed by atoms with Crippen LogP contribution in [0.4, 0.5) is 0 Å². The molecule has 320 valence electrons. The average molecular weight is 937 g/mol. The van der Waals surface area contributed by atoms with E-state index in [2.05, 4.69) is 235 Å². The van der Waals surface area contributed by atoms with Crippen molar-refractivity contribution < 1.29 is 21.3 Å². The number of fused-ring (bicyclic) bond motifs is 3. The van der Waals surface area contributed by atoms with Crippen molar-refractivity contribution in [2.75, 3.05) is 0 Å². The Morgan fingerprint density at radius 1 is 0.452 bits per heavy atom. The van der Waals surface area contributed by atoms with Crippen LogP contribution in [0, 0.1) is 0 Å². The largest absolute Gasteiger partial charge is 0.147 e. The van der Waals surface area contributed by atoms with E-state index >= 15 is 0 Å². The molecule has 0 nitrogen and oxygen atoms in total. The molecule has 3 heteroatoms. The van der Waals surface area contributed by atoms with Crippen LogP contribution in [0.15, 0.2) is 155 Å². The van der Waals surface area contributed by atoms with Crippen molar-refractivity contribution in [1.29, 1.82) is 0 Å². The summed E-state index contributed by atoms with van der Waals surface area (Å²) in [6.07, 6.45) is 8.29. The van der Waals surface area contributed by atoms with Crippen LogP contribution in [0.3, 0.4) is 0 Å². The van der Waals surface area contributed by atoms with Crippen molar-refractivity contribution in [1.82, 2.24) is 0 Å².